The Labute approximate surface area is 94.9 Å². The fraction of sp³-hybridized carbons (Fsp3) is 0.308. The van der Waals surface area contributed by atoms with Crippen LogP contribution in [0.4, 0.5) is 5.69 Å². The molecule has 1 aliphatic rings. The Kier molecular flexibility index (Phi) is 2.46. The first kappa shape index (κ1) is 9.60. The molecule has 16 heavy (non-hydrogen) atoms. The van der Waals surface area contributed by atoms with E-state index in [1.807, 2.05) is 12.3 Å². The van der Waals surface area contributed by atoms with E-state index in [9.17, 15) is 0 Å². The largest absolute Gasteiger partial charge is 0.379 e. The Morgan fingerprint density at radius 3 is 3.06 bits per heavy atom. The van der Waals surface area contributed by atoms with Gasteiger partial charge in [-0.15, -0.1) is 0 Å². The number of hydrogen-bond acceptors (Lipinski definition) is 3. The lowest BCUT2D eigenvalue weighted by molar-refractivity contribution is 0.794. The normalized spacial score (nSPS) is 20.1. The minimum absolute atomic E-state index is 0.535. The van der Waals surface area contributed by atoms with Gasteiger partial charge in [0.2, 0.25) is 0 Å². The van der Waals surface area contributed by atoms with E-state index >= 15 is 0 Å². The van der Waals surface area contributed by atoms with Crippen LogP contribution in [0.15, 0.2) is 36.5 Å². The van der Waals surface area contributed by atoms with E-state index in [0.717, 1.165) is 24.3 Å². The number of fused-ring (bicyclic) bond motifs is 1. The lowest BCUT2D eigenvalue weighted by Gasteiger charge is -2.14. The van der Waals surface area contributed by atoms with Gasteiger partial charge in [0.1, 0.15) is 0 Å². The van der Waals surface area contributed by atoms with E-state index in [1.54, 1.807) is 0 Å². The molecule has 0 saturated carbocycles. The number of anilines is 1. The molecule has 0 amide bonds. The summed E-state index contributed by atoms with van der Waals surface area (Å²) in [6.07, 6.45) is 3.03. The van der Waals surface area contributed by atoms with E-state index in [0.29, 0.717) is 6.04 Å². The van der Waals surface area contributed by atoms with E-state index < -0.39 is 0 Å². The molecule has 1 aliphatic heterocycles. The van der Waals surface area contributed by atoms with Gasteiger partial charge in [-0.1, -0.05) is 18.2 Å². The highest BCUT2D eigenvalue weighted by Gasteiger charge is 2.14. The van der Waals surface area contributed by atoms with Crippen LogP contribution in [0.5, 0.6) is 0 Å². The highest BCUT2D eigenvalue weighted by atomic mass is 15.0. The Morgan fingerprint density at radius 2 is 2.19 bits per heavy atom. The van der Waals surface area contributed by atoms with Crippen molar-refractivity contribution in [2.24, 2.45) is 0 Å². The van der Waals surface area contributed by atoms with Gasteiger partial charge in [0, 0.05) is 24.2 Å². The van der Waals surface area contributed by atoms with Crippen molar-refractivity contribution in [2.75, 3.05) is 18.4 Å². The second-order valence-electron chi connectivity index (χ2n) is 4.21. The Morgan fingerprint density at radius 1 is 1.25 bits per heavy atom. The van der Waals surface area contributed by atoms with Crippen molar-refractivity contribution in [3.05, 3.63) is 36.5 Å². The van der Waals surface area contributed by atoms with Crippen LogP contribution in [0, 0.1) is 0 Å². The van der Waals surface area contributed by atoms with Gasteiger partial charge in [0.05, 0.1) is 11.2 Å². The lowest BCUT2D eigenvalue weighted by atomic mass is 10.1. The number of hydrogen-bond donors (Lipinski definition) is 2. The molecule has 82 valence electrons. The minimum atomic E-state index is 0.535. The summed E-state index contributed by atoms with van der Waals surface area (Å²) in [5.41, 5.74) is 2.21. The summed E-state index contributed by atoms with van der Waals surface area (Å²) in [5.74, 6) is 0. The van der Waals surface area contributed by atoms with Crippen LogP contribution < -0.4 is 10.6 Å². The summed E-state index contributed by atoms with van der Waals surface area (Å²) in [5, 5.41) is 8.11. The van der Waals surface area contributed by atoms with Gasteiger partial charge in [-0.25, -0.2) is 0 Å². The first-order valence-corrected chi connectivity index (χ1v) is 5.74. The molecule has 1 saturated heterocycles. The molecule has 3 rings (SSSR count). The van der Waals surface area contributed by atoms with Crippen molar-refractivity contribution in [3.8, 4) is 0 Å². The maximum absolute atomic E-state index is 4.44. The zero-order chi connectivity index (χ0) is 10.8. The summed E-state index contributed by atoms with van der Waals surface area (Å²) >= 11 is 0. The first-order chi connectivity index (χ1) is 7.93. The van der Waals surface area contributed by atoms with Crippen molar-refractivity contribution in [1.82, 2.24) is 10.3 Å². The van der Waals surface area contributed by atoms with Crippen molar-refractivity contribution in [3.63, 3.8) is 0 Å². The fourth-order valence-electron chi connectivity index (χ4n) is 2.22. The summed E-state index contributed by atoms with van der Waals surface area (Å²) in [6.45, 7) is 2.15. The summed E-state index contributed by atoms with van der Waals surface area (Å²) < 4.78 is 0. The number of benzene rings is 1. The van der Waals surface area contributed by atoms with Crippen LogP contribution in [0.25, 0.3) is 10.9 Å². The van der Waals surface area contributed by atoms with Crippen molar-refractivity contribution in [2.45, 2.75) is 12.5 Å². The molecule has 0 unspecified atom stereocenters. The van der Waals surface area contributed by atoms with E-state index in [2.05, 4.69) is 39.9 Å². The third-order valence-corrected chi connectivity index (χ3v) is 3.05. The molecule has 0 radical (unpaired) electrons. The Bertz CT molecular complexity index is 484. The monoisotopic (exact) mass is 213 g/mol. The SMILES string of the molecule is c1cnc2c(N[C@@H]3CCNC3)cccc2c1. The predicted octanol–water partition coefficient (Wildman–Crippen LogP) is 2.01. The molecular formula is C13H15N3. The third kappa shape index (κ3) is 1.74. The quantitative estimate of drug-likeness (QED) is 0.801. The molecule has 3 heteroatoms. The maximum Gasteiger partial charge on any atom is 0.0933 e. The van der Waals surface area contributed by atoms with Crippen molar-refractivity contribution < 1.29 is 0 Å². The van der Waals surface area contributed by atoms with Crippen molar-refractivity contribution >= 4 is 16.6 Å². The summed E-state index contributed by atoms with van der Waals surface area (Å²) in [6, 6.07) is 10.9. The summed E-state index contributed by atoms with van der Waals surface area (Å²) in [4.78, 5) is 4.44. The molecule has 1 aromatic carbocycles. The van der Waals surface area contributed by atoms with Gasteiger partial charge in [0.15, 0.2) is 0 Å². The predicted molar refractivity (Wildman–Crippen MR) is 66.6 cm³/mol. The maximum atomic E-state index is 4.44. The molecule has 3 nitrogen and oxygen atoms in total. The zero-order valence-electron chi connectivity index (χ0n) is 9.11. The van der Waals surface area contributed by atoms with Crippen LogP contribution in [0.3, 0.4) is 0 Å². The molecular weight excluding hydrogens is 198 g/mol. The second kappa shape index (κ2) is 4.10. The first-order valence-electron chi connectivity index (χ1n) is 5.74. The molecule has 0 aliphatic carbocycles. The van der Waals surface area contributed by atoms with Gasteiger partial charge in [-0.2, -0.15) is 0 Å². The molecule has 1 aromatic heterocycles. The van der Waals surface area contributed by atoms with Crippen LogP contribution in [-0.2, 0) is 0 Å². The van der Waals surface area contributed by atoms with Crippen LogP contribution in [-0.4, -0.2) is 24.1 Å². The average molecular weight is 213 g/mol. The average Bonchev–Trinajstić information content (AvgIpc) is 2.82. The lowest BCUT2D eigenvalue weighted by Crippen LogP contribution is -2.22. The molecule has 0 bridgehead atoms. The van der Waals surface area contributed by atoms with E-state index in [1.165, 1.54) is 11.8 Å². The Hall–Kier alpha value is -1.61. The smallest absolute Gasteiger partial charge is 0.0933 e. The van der Waals surface area contributed by atoms with Gasteiger partial charge in [0.25, 0.3) is 0 Å². The third-order valence-electron chi connectivity index (χ3n) is 3.05. The van der Waals surface area contributed by atoms with E-state index in [-0.39, 0.29) is 0 Å². The number of aromatic nitrogens is 1. The van der Waals surface area contributed by atoms with Gasteiger partial charge in [-0.05, 0) is 25.1 Å². The number of nitrogens with one attached hydrogen (secondary N) is 2. The molecule has 0 spiro atoms. The molecule has 1 atom stereocenters. The van der Waals surface area contributed by atoms with Gasteiger partial charge >= 0.3 is 0 Å². The second-order valence-corrected chi connectivity index (χ2v) is 4.21. The number of rotatable bonds is 2. The molecule has 1 fully saturated rings. The highest BCUT2D eigenvalue weighted by Crippen LogP contribution is 2.22. The standard InChI is InChI=1S/C13H15N3/c1-3-10-4-2-7-15-13(10)12(5-1)16-11-6-8-14-9-11/h1-5,7,11,14,16H,6,8-9H2/t11-/m1/s1. The van der Waals surface area contributed by atoms with Gasteiger partial charge in [-0.3, -0.25) is 4.98 Å². The Balaban J connectivity index is 1.96. The van der Waals surface area contributed by atoms with E-state index in [4.69, 9.17) is 0 Å². The van der Waals surface area contributed by atoms with Crippen LogP contribution in [0.1, 0.15) is 6.42 Å². The van der Waals surface area contributed by atoms with Crippen LogP contribution >= 0.6 is 0 Å². The van der Waals surface area contributed by atoms with Crippen LogP contribution in [0.2, 0.25) is 0 Å². The van der Waals surface area contributed by atoms with Gasteiger partial charge < -0.3 is 10.6 Å². The fourth-order valence-corrected chi connectivity index (χ4v) is 2.22. The summed E-state index contributed by atoms with van der Waals surface area (Å²) in [7, 11) is 0. The minimum Gasteiger partial charge on any atom is -0.379 e. The number of nitrogens with zero attached hydrogens (tertiary/aromatic N) is 1. The molecule has 2 heterocycles. The molecule has 2 N–H and O–H groups in total. The number of pyridine rings is 1. The zero-order valence-corrected chi connectivity index (χ0v) is 9.11. The molecule has 2 aromatic rings. The number of para-hydroxylation sites is 1. The van der Waals surface area contributed by atoms with Crippen molar-refractivity contribution in [1.29, 1.82) is 0 Å². The topological polar surface area (TPSA) is 37.0 Å². The highest BCUT2D eigenvalue weighted by molar-refractivity contribution is 5.90.